The second-order valence-corrected chi connectivity index (χ2v) is 10.0. The Bertz CT molecular complexity index is 1140. The summed E-state index contributed by atoms with van der Waals surface area (Å²) in [5, 5.41) is 14.3. The third-order valence-electron chi connectivity index (χ3n) is 7.35. The molecule has 1 aliphatic carbocycles. The van der Waals surface area contributed by atoms with Crippen LogP contribution in [0.3, 0.4) is 0 Å². The summed E-state index contributed by atoms with van der Waals surface area (Å²) in [4.78, 5) is 38.9. The van der Waals surface area contributed by atoms with E-state index in [1.807, 2.05) is 24.8 Å². The molecule has 4 rings (SSSR count). The molecule has 1 saturated heterocycles. The molecule has 0 bridgehead atoms. The summed E-state index contributed by atoms with van der Waals surface area (Å²) >= 11 is 0. The monoisotopic (exact) mass is 484 g/mol. The molecule has 2 N–H and O–H groups in total. The normalized spacial score (nSPS) is 22.0. The Morgan fingerprint density at radius 1 is 1.26 bits per heavy atom. The van der Waals surface area contributed by atoms with E-state index in [9.17, 15) is 19.5 Å². The number of ether oxygens (including phenoxy) is 1. The summed E-state index contributed by atoms with van der Waals surface area (Å²) in [7, 11) is 0. The van der Waals surface area contributed by atoms with Gasteiger partial charge in [-0.2, -0.15) is 0 Å². The number of carbonyl (C=O) groups is 2. The van der Waals surface area contributed by atoms with Crippen molar-refractivity contribution < 1.29 is 23.8 Å². The average molecular weight is 485 g/mol. The average Bonchev–Trinajstić information content (AvgIpc) is 2.81. The van der Waals surface area contributed by atoms with Crippen molar-refractivity contribution in [2.45, 2.75) is 70.8 Å². The number of piperidine rings is 1. The summed E-state index contributed by atoms with van der Waals surface area (Å²) in [6.07, 6.45) is 6.37. The molecule has 2 aromatic rings. The maximum absolute atomic E-state index is 12.7. The zero-order chi connectivity index (χ0) is 25.0. The zero-order valence-corrected chi connectivity index (χ0v) is 20.7. The van der Waals surface area contributed by atoms with E-state index in [0.29, 0.717) is 42.6 Å². The number of hydrogen-bond acceptors (Lipinski definition) is 6. The second kappa shape index (κ2) is 10.8. The van der Waals surface area contributed by atoms with E-state index < -0.39 is 11.2 Å². The van der Waals surface area contributed by atoms with Gasteiger partial charge < -0.3 is 24.5 Å². The number of nitrogens with one attached hydrogen (secondary N) is 1. The van der Waals surface area contributed by atoms with Gasteiger partial charge in [0.05, 0.1) is 11.0 Å². The first-order chi connectivity index (χ1) is 16.8. The van der Waals surface area contributed by atoms with Gasteiger partial charge in [0, 0.05) is 38.0 Å². The van der Waals surface area contributed by atoms with Gasteiger partial charge in [-0.05, 0) is 55.9 Å². The molecular formula is C27H36N2O6. The standard InChI is InChI=1S/C27H36N2O6/c1-3-6-19-15-25(32)35-22-14-18(2)13-21(26(19)22)34-17-23(30)28-11-8-24(31)29-12-10-27(33)9-5-4-7-20(27)16-29/h13-15,20,33H,3-12,16-17H2,1-2H3,(H,28,30)/t20-,27+/m0/s1. The maximum Gasteiger partial charge on any atom is 0.336 e. The summed E-state index contributed by atoms with van der Waals surface area (Å²) in [6.45, 7) is 5.11. The van der Waals surface area contributed by atoms with Crippen molar-refractivity contribution in [3.63, 3.8) is 0 Å². The molecule has 1 aromatic carbocycles. The molecule has 2 atom stereocenters. The van der Waals surface area contributed by atoms with Crippen LogP contribution in [0.1, 0.15) is 63.0 Å². The number of amides is 2. The molecule has 8 nitrogen and oxygen atoms in total. The summed E-state index contributed by atoms with van der Waals surface area (Å²) in [6, 6.07) is 5.11. The summed E-state index contributed by atoms with van der Waals surface area (Å²) in [5.74, 6) is 0.347. The fourth-order valence-electron chi connectivity index (χ4n) is 5.51. The van der Waals surface area contributed by atoms with Gasteiger partial charge in [0.1, 0.15) is 11.3 Å². The van der Waals surface area contributed by atoms with E-state index in [2.05, 4.69) is 5.32 Å². The fourth-order valence-corrected chi connectivity index (χ4v) is 5.51. The van der Waals surface area contributed by atoms with Gasteiger partial charge in [0.25, 0.3) is 5.91 Å². The van der Waals surface area contributed by atoms with Crippen LogP contribution in [0.25, 0.3) is 11.0 Å². The Hall–Kier alpha value is -2.87. The van der Waals surface area contributed by atoms with Gasteiger partial charge in [-0.25, -0.2) is 4.79 Å². The van der Waals surface area contributed by atoms with Gasteiger partial charge in [-0.3, -0.25) is 9.59 Å². The van der Waals surface area contributed by atoms with Crippen molar-refractivity contribution in [3.05, 3.63) is 39.7 Å². The highest BCUT2D eigenvalue weighted by Gasteiger charge is 2.43. The first-order valence-corrected chi connectivity index (χ1v) is 12.8. The maximum atomic E-state index is 12.7. The Morgan fingerprint density at radius 3 is 2.89 bits per heavy atom. The Kier molecular flexibility index (Phi) is 7.79. The molecule has 0 unspecified atom stereocenters. The molecule has 1 aromatic heterocycles. The molecule has 0 spiro atoms. The van der Waals surface area contributed by atoms with Crippen molar-refractivity contribution in [1.29, 1.82) is 0 Å². The highest BCUT2D eigenvalue weighted by molar-refractivity contribution is 5.88. The van der Waals surface area contributed by atoms with Crippen molar-refractivity contribution in [1.82, 2.24) is 10.2 Å². The van der Waals surface area contributed by atoms with Crippen LogP contribution in [0.4, 0.5) is 0 Å². The lowest BCUT2D eigenvalue weighted by Crippen LogP contribution is -2.54. The molecule has 35 heavy (non-hydrogen) atoms. The zero-order valence-electron chi connectivity index (χ0n) is 20.7. The van der Waals surface area contributed by atoms with E-state index in [-0.39, 0.29) is 37.3 Å². The second-order valence-electron chi connectivity index (χ2n) is 10.0. The quantitative estimate of drug-likeness (QED) is 0.558. The molecule has 2 heterocycles. The van der Waals surface area contributed by atoms with Crippen LogP contribution < -0.4 is 15.7 Å². The third kappa shape index (κ3) is 5.86. The molecule has 8 heteroatoms. The number of aryl methyl sites for hydroxylation is 2. The first kappa shape index (κ1) is 25.2. The predicted octanol–water partition coefficient (Wildman–Crippen LogP) is 3.09. The minimum atomic E-state index is -0.611. The van der Waals surface area contributed by atoms with Gasteiger partial charge in [0.15, 0.2) is 6.61 Å². The van der Waals surface area contributed by atoms with E-state index in [1.165, 1.54) is 6.07 Å². The lowest BCUT2D eigenvalue weighted by Gasteiger charge is -2.47. The lowest BCUT2D eigenvalue weighted by atomic mass is 9.71. The number of benzene rings is 1. The van der Waals surface area contributed by atoms with Crippen molar-refractivity contribution in [2.75, 3.05) is 26.2 Å². The molecule has 1 saturated carbocycles. The van der Waals surface area contributed by atoms with E-state index >= 15 is 0 Å². The number of nitrogens with zero attached hydrogens (tertiary/aromatic N) is 1. The SMILES string of the molecule is CCCc1cc(=O)oc2cc(C)cc(OCC(=O)NCCC(=O)N3CC[C@]4(O)CCCC[C@H]4C3)c12. The van der Waals surface area contributed by atoms with Crippen molar-refractivity contribution in [3.8, 4) is 5.75 Å². The Balaban J connectivity index is 1.30. The highest BCUT2D eigenvalue weighted by atomic mass is 16.5. The van der Waals surface area contributed by atoms with Crippen molar-refractivity contribution in [2.24, 2.45) is 5.92 Å². The number of aliphatic hydroxyl groups is 1. The minimum absolute atomic E-state index is 0.00255. The van der Waals surface area contributed by atoms with Crippen LogP contribution in [0.2, 0.25) is 0 Å². The van der Waals surface area contributed by atoms with E-state index in [4.69, 9.17) is 9.15 Å². The number of hydrogen-bond donors (Lipinski definition) is 2. The van der Waals surface area contributed by atoms with Gasteiger partial charge in [-0.1, -0.05) is 26.2 Å². The highest BCUT2D eigenvalue weighted by Crippen LogP contribution is 2.39. The van der Waals surface area contributed by atoms with Crippen LogP contribution in [0, 0.1) is 12.8 Å². The molecule has 1 aliphatic heterocycles. The van der Waals surface area contributed by atoms with Gasteiger partial charge >= 0.3 is 5.63 Å². The lowest BCUT2D eigenvalue weighted by molar-refractivity contribution is -0.143. The smallest absolute Gasteiger partial charge is 0.336 e. The van der Waals surface area contributed by atoms with Crippen molar-refractivity contribution >= 4 is 22.8 Å². The largest absolute Gasteiger partial charge is 0.483 e. The molecule has 190 valence electrons. The number of rotatable bonds is 8. The van der Waals surface area contributed by atoms with E-state index in [1.54, 1.807) is 6.07 Å². The predicted molar refractivity (Wildman–Crippen MR) is 132 cm³/mol. The first-order valence-electron chi connectivity index (χ1n) is 12.8. The molecule has 2 fully saturated rings. The number of carbonyl (C=O) groups excluding carboxylic acids is 2. The molecular weight excluding hydrogens is 448 g/mol. The molecule has 2 amide bonds. The fraction of sp³-hybridized carbons (Fsp3) is 0.593. The van der Waals surface area contributed by atoms with Crippen LogP contribution in [-0.4, -0.2) is 53.7 Å². The van der Waals surface area contributed by atoms with Gasteiger partial charge in [-0.15, -0.1) is 0 Å². The van der Waals surface area contributed by atoms with Crippen LogP contribution >= 0.6 is 0 Å². The molecule has 2 aliphatic rings. The van der Waals surface area contributed by atoms with Crippen LogP contribution in [-0.2, 0) is 16.0 Å². The van der Waals surface area contributed by atoms with Gasteiger partial charge in [0.2, 0.25) is 5.91 Å². The Morgan fingerprint density at radius 2 is 2.09 bits per heavy atom. The number of fused-ring (bicyclic) bond motifs is 2. The topological polar surface area (TPSA) is 109 Å². The van der Waals surface area contributed by atoms with Crippen LogP contribution in [0.15, 0.2) is 27.4 Å². The summed E-state index contributed by atoms with van der Waals surface area (Å²) in [5.41, 5.74) is 1.14. The summed E-state index contributed by atoms with van der Waals surface area (Å²) < 4.78 is 11.2. The minimum Gasteiger partial charge on any atom is -0.483 e. The van der Waals surface area contributed by atoms with Crippen LogP contribution in [0.5, 0.6) is 5.75 Å². The Labute approximate surface area is 205 Å². The number of likely N-dealkylation sites (tertiary alicyclic amines) is 1. The molecule has 0 radical (unpaired) electrons. The third-order valence-corrected chi connectivity index (χ3v) is 7.35. The van der Waals surface area contributed by atoms with E-state index in [0.717, 1.165) is 43.2 Å².